The normalized spacial score (nSPS) is 24.4. The van der Waals surface area contributed by atoms with Gasteiger partial charge >= 0.3 is 11.9 Å². The van der Waals surface area contributed by atoms with Crippen LogP contribution in [0.15, 0.2) is 0 Å². The lowest BCUT2D eigenvalue weighted by atomic mass is 9.85. The van der Waals surface area contributed by atoms with E-state index in [0.717, 1.165) is 6.42 Å². The van der Waals surface area contributed by atoms with Crippen molar-refractivity contribution in [1.82, 2.24) is 0 Å². The number of hydrogen-bond donors (Lipinski definition) is 0. The average molecular weight is 200 g/mol. The third-order valence-corrected chi connectivity index (χ3v) is 2.91. The smallest absolute Gasteiger partial charge is 0.323 e. The minimum absolute atomic E-state index is 0.369. The molecule has 0 saturated heterocycles. The van der Waals surface area contributed by atoms with Crippen LogP contribution >= 0.6 is 0 Å². The van der Waals surface area contributed by atoms with Crippen LogP contribution in [0.3, 0.4) is 0 Å². The summed E-state index contributed by atoms with van der Waals surface area (Å²) in [5.74, 6) is -0.560. The Morgan fingerprint density at radius 1 is 1.21 bits per heavy atom. The van der Waals surface area contributed by atoms with Crippen LogP contribution in [-0.2, 0) is 19.1 Å². The first kappa shape index (κ1) is 11.0. The van der Waals surface area contributed by atoms with E-state index in [4.69, 9.17) is 0 Å². The molecule has 0 aromatic heterocycles. The van der Waals surface area contributed by atoms with Crippen LogP contribution < -0.4 is 0 Å². The van der Waals surface area contributed by atoms with Crippen LogP contribution in [0.1, 0.15) is 26.2 Å². The Bertz CT molecular complexity index is 231. The Labute approximate surface area is 83.6 Å². The van der Waals surface area contributed by atoms with Crippen LogP contribution in [0.2, 0.25) is 0 Å². The van der Waals surface area contributed by atoms with Crippen LogP contribution in [0.5, 0.6) is 0 Å². The maximum Gasteiger partial charge on any atom is 0.323 e. The van der Waals surface area contributed by atoms with E-state index in [-0.39, 0.29) is 0 Å². The maximum atomic E-state index is 11.6. The molecule has 0 amide bonds. The summed E-state index contributed by atoms with van der Waals surface area (Å²) in [4.78, 5) is 23.1. The van der Waals surface area contributed by atoms with Gasteiger partial charge in [-0.2, -0.15) is 0 Å². The summed E-state index contributed by atoms with van der Waals surface area (Å²) in [6.45, 7) is 2.02. The van der Waals surface area contributed by atoms with Gasteiger partial charge in [-0.15, -0.1) is 0 Å². The molecule has 1 atom stereocenters. The Balaban J connectivity index is 2.91. The van der Waals surface area contributed by atoms with Crippen molar-refractivity contribution in [2.24, 2.45) is 11.3 Å². The number of carbonyl (C=O) groups excluding carboxylic acids is 2. The molecule has 0 spiro atoms. The Kier molecular flexibility index (Phi) is 3.13. The molecule has 0 N–H and O–H groups in total. The Morgan fingerprint density at radius 2 is 1.71 bits per heavy atom. The van der Waals surface area contributed by atoms with E-state index in [9.17, 15) is 9.59 Å². The van der Waals surface area contributed by atoms with E-state index in [0.29, 0.717) is 18.8 Å². The minimum atomic E-state index is -1.04. The Hall–Kier alpha value is -1.06. The summed E-state index contributed by atoms with van der Waals surface area (Å²) in [6.07, 6.45) is 1.93. The molecule has 1 rings (SSSR count). The van der Waals surface area contributed by atoms with Crippen molar-refractivity contribution in [3.63, 3.8) is 0 Å². The highest BCUT2D eigenvalue weighted by atomic mass is 16.5. The summed E-state index contributed by atoms with van der Waals surface area (Å²) in [6, 6.07) is 0. The van der Waals surface area contributed by atoms with Crippen molar-refractivity contribution in [2.45, 2.75) is 26.2 Å². The zero-order chi connectivity index (χ0) is 10.8. The minimum Gasteiger partial charge on any atom is -0.468 e. The summed E-state index contributed by atoms with van der Waals surface area (Å²) >= 11 is 0. The fraction of sp³-hybridized carbons (Fsp3) is 0.800. The van der Waals surface area contributed by atoms with Crippen molar-refractivity contribution < 1.29 is 19.1 Å². The molecule has 0 aromatic rings. The summed E-state index contributed by atoms with van der Waals surface area (Å²) in [5, 5.41) is 0. The highest BCUT2D eigenvalue weighted by molar-refractivity contribution is 6.00. The molecule has 0 unspecified atom stereocenters. The molecule has 80 valence electrons. The van der Waals surface area contributed by atoms with Gasteiger partial charge in [0.1, 0.15) is 0 Å². The molecular formula is C10H16O4. The van der Waals surface area contributed by atoms with E-state index < -0.39 is 17.4 Å². The second kappa shape index (κ2) is 3.98. The third kappa shape index (κ3) is 1.61. The molecule has 1 aliphatic carbocycles. The van der Waals surface area contributed by atoms with Crippen molar-refractivity contribution in [1.29, 1.82) is 0 Å². The molecule has 1 saturated carbocycles. The lowest BCUT2D eigenvalue weighted by Crippen LogP contribution is -2.39. The molecular weight excluding hydrogens is 184 g/mol. The number of carbonyl (C=O) groups is 2. The number of methoxy groups -OCH3 is 2. The highest BCUT2D eigenvalue weighted by Crippen LogP contribution is 2.43. The zero-order valence-electron chi connectivity index (χ0n) is 8.83. The highest BCUT2D eigenvalue weighted by Gasteiger charge is 2.52. The van der Waals surface area contributed by atoms with E-state index in [2.05, 4.69) is 9.47 Å². The maximum absolute atomic E-state index is 11.6. The monoisotopic (exact) mass is 200 g/mol. The van der Waals surface area contributed by atoms with Gasteiger partial charge in [-0.1, -0.05) is 6.92 Å². The molecule has 4 heteroatoms. The first-order valence-electron chi connectivity index (χ1n) is 4.73. The average Bonchev–Trinajstić information content (AvgIpc) is 2.59. The molecule has 0 aromatic carbocycles. The Morgan fingerprint density at radius 3 is 2.00 bits per heavy atom. The number of esters is 2. The van der Waals surface area contributed by atoms with Crippen molar-refractivity contribution in [2.75, 3.05) is 14.2 Å². The van der Waals surface area contributed by atoms with Gasteiger partial charge < -0.3 is 9.47 Å². The SMILES string of the molecule is COC(=O)C1(C(=O)OC)CC[C@H](C)C1. The summed E-state index contributed by atoms with van der Waals surface area (Å²) in [7, 11) is 2.60. The van der Waals surface area contributed by atoms with Crippen molar-refractivity contribution in [3.05, 3.63) is 0 Å². The number of hydrogen-bond acceptors (Lipinski definition) is 4. The predicted molar refractivity (Wildman–Crippen MR) is 49.5 cm³/mol. The molecule has 0 aliphatic heterocycles. The second-order valence-corrected chi connectivity index (χ2v) is 3.91. The van der Waals surface area contributed by atoms with Gasteiger partial charge in [0.2, 0.25) is 0 Å². The molecule has 4 nitrogen and oxygen atoms in total. The quantitative estimate of drug-likeness (QED) is 0.495. The fourth-order valence-corrected chi connectivity index (χ4v) is 2.14. The van der Waals surface area contributed by atoms with Crippen LogP contribution in [0.4, 0.5) is 0 Å². The number of ether oxygens (including phenoxy) is 2. The first-order valence-corrected chi connectivity index (χ1v) is 4.73. The topological polar surface area (TPSA) is 52.6 Å². The predicted octanol–water partition coefficient (Wildman–Crippen LogP) is 1.14. The summed E-state index contributed by atoms with van der Waals surface area (Å²) in [5.41, 5.74) is -1.04. The molecule has 14 heavy (non-hydrogen) atoms. The van der Waals surface area contributed by atoms with E-state index in [1.807, 2.05) is 6.92 Å². The molecule has 0 radical (unpaired) electrons. The van der Waals surface area contributed by atoms with Crippen molar-refractivity contribution >= 4 is 11.9 Å². The fourth-order valence-electron chi connectivity index (χ4n) is 2.14. The second-order valence-electron chi connectivity index (χ2n) is 3.91. The van der Waals surface area contributed by atoms with Gasteiger partial charge in [0.05, 0.1) is 14.2 Å². The zero-order valence-corrected chi connectivity index (χ0v) is 8.83. The third-order valence-electron chi connectivity index (χ3n) is 2.91. The lowest BCUT2D eigenvalue weighted by molar-refractivity contribution is -0.168. The first-order chi connectivity index (χ1) is 6.56. The number of rotatable bonds is 2. The van der Waals surface area contributed by atoms with Gasteiger partial charge in [-0.25, -0.2) is 0 Å². The van der Waals surface area contributed by atoms with Crippen LogP contribution in [0.25, 0.3) is 0 Å². The lowest BCUT2D eigenvalue weighted by Gasteiger charge is -2.22. The van der Waals surface area contributed by atoms with Gasteiger partial charge in [0.25, 0.3) is 0 Å². The standard InChI is InChI=1S/C10H16O4/c1-7-4-5-10(6-7,8(11)13-2)9(12)14-3/h7H,4-6H2,1-3H3/t7-/m0/s1. The largest absolute Gasteiger partial charge is 0.468 e. The molecule has 0 bridgehead atoms. The van der Waals surface area contributed by atoms with Crippen LogP contribution in [-0.4, -0.2) is 26.2 Å². The van der Waals surface area contributed by atoms with Gasteiger partial charge in [-0.3, -0.25) is 9.59 Å². The molecule has 1 fully saturated rings. The molecule has 0 heterocycles. The van der Waals surface area contributed by atoms with E-state index in [1.165, 1.54) is 14.2 Å². The molecule has 1 aliphatic rings. The van der Waals surface area contributed by atoms with E-state index in [1.54, 1.807) is 0 Å². The summed E-state index contributed by atoms with van der Waals surface area (Å²) < 4.78 is 9.34. The van der Waals surface area contributed by atoms with Gasteiger partial charge in [-0.05, 0) is 25.2 Å². The van der Waals surface area contributed by atoms with Gasteiger partial charge in [0.15, 0.2) is 5.41 Å². The van der Waals surface area contributed by atoms with Crippen LogP contribution in [0, 0.1) is 11.3 Å². The van der Waals surface area contributed by atoms with E-state index >= 15 is 0 Å². The van der Waals surface area contributed by atoms with Gasteiger partial charge in [0, 0.05) is 0 Å². The van der Waals surface area contributed by atoms with Crippen molar-refractivity contribution in [3.8, 4) is 0 Å².